The molecular formula is C18H12N10O2. The number of hydrogen-bond donors (Lipinski definition) is 1. The first kappa shape index (κ1) is 17.4. The highest BCUT2D eigenvalue weighted by Gasteiger charge is 2.13. The summed E-state index contributed by atoms with van der Waals surface area (Å²) >= 11 is 0. The van der Waals surface area contributed by atoms with E-state index >= 15 is 0 Å². The summed E-state index contributed by atoms with van der Waals surface area (Å²) in [7, 11) is 1.63. The number of nitriles is 1. The first-order valence-corrected chi connectivity index (χ1v) is 8.75. The van der Waals surface area contributed by atoms with Crippen molar-refractivity contribution in [3.63, 3.8) is 0 Å². The smallest absolute Gasteiger partial charge is 0.281 e. The second kappa shape index (κ2) is 6.74. The number of rotatable bonds is 4. The van der Waals surface area contributed by atoms with E-state index in [1.54, 1.807) is 31.3 Å². The molecule has 12 heteroatoms. The van der Waals surface area contributed by atoms with E-state index in [-0.39, 0.29) is 23.6 Å². The first-order chi connectivity index (χ1) is 14.6. The number of aromatic nitrogens is 9. The molecule has 30 heavy (non-hydrogen) atoms. The molecule has 0 radical (unpaired) electrons. The van der Waals surface area contributed by atoms with Gasteiger partial charge in [0.1, 0.15) is 17.9 Å². The van der Waals surface area contributed by atoms with Crippen molar-refractivity contribution in [3.8, 4) is 17.7 Å². The largest absolute Gasteiger partial charge is 0.437 e. The van der Waals surface area contributed by atoms with Crippen LogP contribution in [0.5, 0.6) is 11.6 Å². The third kappa shape index (κ3) is 3.00. The average molecular weight is 400 g/mol. The van der Waals surface area contributed by atoms with Crippen LogP contribution in [0.4, 0.5) is 0 Å². The summed E-state index contributed by atoms with van der Waals surface area (Å²) in [5, 5.41) is 16.6. The fourth-order valence-corrected chi connectivity index (χ4v) is 2.95. The van der Waals surface area contributed by atoms with Crippen LogP contribution in [0.2, 0.25) is 0 Å². The molecule has 0 aliphatic heterocycles. The molecule has 4 aromatic heterocycles. The molecule has 0 aliphatic carbocycles. The minimum absolute atomic E-state index is 0.144. The molecule has 0 saturated carbocycles. The molecule has 0 fully saturated rings. The van der Waals surface area contributed by atoms with Gasteiger partial charge in [0.15, 0.2) is 11.2 Å². The molecule has 0 amide bonds. The summed E-state index contributed by atoms with van der Waals surface area (Å²) in [6.07, 6.45) is 2.84. The van der Waals surface area contributed by atoms with Crippen molar-refractivity contribution >= 4 is 22.5 Å². The highest BCUT2D eigenvalue weighted by Crippen LogP contribution is 2.21. The van der Waals surface area contributed by atoms with Gasteiger partial charge in [-0.2, -0.15) is 10.2 Å². The lowest BCUT2D eigenvalue weighted by molar-refractivity contribution is 0.462. The van der Waals surface area contributed by atoms with Gasteiger partial charge in [-0.1, -0.05) is 11.3 Å². The van der Waals surface area contributed by atoms with Crippen LogP contribution in [0.3, 0.4) is 0 Å². The Balaban J connectivity index is 1.44. The molecule has 0 aliphatic rings. The maximum Gasteiger partial charge on any atom is 0.281 e. The highest BCUT2D eigenvalue weighted by atomic mass is 16.5. The number of nitrogens with zero attached hydrogens (tertiary/aromatic N) is 9. The van der Waals surface area contributed by atoms with Crippen molar-refractivity contribution in [1.82, 2.24) is 44.5 Å². The molecule has 1 aromatic carbocycles. The number of H-pyrrole nitrogens is 1. The predicted molar refractivity (Wildman–Crippen MR) is 103 cm³/mol. The van der Waals surface area contributed by atoms with Crippen LogP contribution in [0, 0.1) is 11.3 Å². The highest BCUT2D eigenvalue weighted by molar-refractivity contribution is 5.68. The van der Waals surface area contributed by atoms with Crippen LogP contribution in [0.15, 0.2) is 41.6 Å². The Kier molecular flexibility index (Phi) is 3.92. The third-order valence-electron chi connectivity index (χ3n) is 4.33. The van der Waals surface area contributed by atoms with E-state index in [1.165, 1.54) is 21.8 Å². The summed E-state index contributed by atoms with van der Waals surface area (Å²) in [6.45, 7) is 0.144. The van der Waals surface area contributed by atoms with E-state index in [9.17, 15) is 4.79 Å². The maximum absolute atomic E-state index is 12.6. The second-order valence-electron chi connectivity index (χ2n) is 6.37. The number of aryl methyl sites for hydroxylation is 1. The molecule has 5 rings (SSSR count). The normalized spacial score (nSPS) is 11.1. The molecule has 0 spiro atoms. The monoisotopic (exact) mass is 400 g/mol. The fraction of sp³-hybridized carbons (Fsp3) is 0.111. The summed E-state index contributed by atoms with van der Waals surface area (Å²) in [5.74, 6) is 1.18. The predicted octanol–water partition coefficient (Wildman–Crippen LogP) is 0.904. The zero-order valence-corrected chi connectivity index (χ0v) is 15.5. The van der Waals surface area contributed by atoms with Crippen molar-refractivity contribution in [2.45, 2.75) is 6.54 Å². The average Bonchev–Trinajstić information content (AvgIpc) is 3.33. The van der Waals surface area contributed by atoms with E-state index in [1.807, 2.05) is 0 Å². The lowest BCUT2D eigenvalue weighted by Crippen LogP contribution is -2.23. The number of hydrogen-bond acceptors (Lipinski definition) is 9. The number of ether oxygens (including phenoxy) is 1. The second-order valence-corrected chi connectivity index (χ2v) is 6.37. The van der Waals surface area contributed by atoms with Crippen LogP contribution < -0.4 is 10.3 Å². The number of aromatic amines is 1. The van der Waals surface area contributed by atoms with E-state index in [0.29, 0.717) is 33.9 Å². The molecule has 5 aromatic rings. The topological polar surface area (TPSA) is 153 Å². The zero-order valence-electron chi connectivity index (χ0n) is 15.5. The van der Waals surface area contributed by atoms with Gasteiger partial charge in [-0.05, 0) is 18.2 Å². The van der Waals surface area contributed by atoms with Crippen LogP contribution in [-0.4, -0.2) is 44.5 Å². The van der Waals surface area contributed by atoms with E-state index in [0.717, 1.165) is 0 Å². The summed E-state index contributed by atoms with van der Waals surface area (Å²) in [6, 6.07) is 8.76. The van der Waals surface area contributed by atoms with E-state index in [2.05, 4.69) is 41.3 Å². The Labute approximate surface area is 167 Å². The quantitative estimate of drug-likeness (QED) is 0.463. The fourth-order valence-electron chi connectivity index (χ4n) is 2.95. The Bertz CT molecular complexity index is 1510. The molecule has 0 saturated heterocycles. The van der Waals surface area contributed by atoms with Gasteiger partial charge in [0.25, 0.3) is 5.56 Å². The summed E-state index contributed by atoms with van der Waals surface area (Å²) in [5.41, 5.74) is 1.57. The minimum Gasteiger partial charge on any atom is -0.437 e. The molecule has 12 nitrogen and oxygen atoms in total. The van der Waals surface area contributed by atoms with Crippen LogP contribution in [0.1, 0.15) is 11.4 Å². The lowest BCUT2D eigenvalue weighted by atomic mass is 10.2. The summed E-state index contributed by atoms with van der Waals surface area (Å²) < 4.78 is 8.45. The van der Waals surface area contributed by atoms with Crippen LogP contribution in [0.25, 0.3) is 22.5 Å². The van der Waals surface area contributed by atoms with Crippen molar-refractivity contribution in [2.75, 3.05) is 0 Å². The Morgan fingerprint density at radius 2 is 2.13 bits per heavy atom. The van der Waals surface area contributed by atoms with Crippen molar-refractivity contribution in [3.05, 3.63) is 58.5 Å². The third-order valence-corrected chi connectivity index (χ3v) is 4.33. The van der Waals surface area contributed by atoms with Crippen molar-refractivity contribution < 1.29 is 4.74 Å². The Morgan fingerprint density at radius 3 is 3.00 bits per heavy atom. The van der Waals surface area contributed by atoms with Crippen LogP contribution in [-0.2, 0) is 13.6 Å². The Hall–Kier alpha value is -4.66. The van der Waals surface area contributed by atoms with Gasteiger partial charge in [0.05, 0.1) is 24.4 Å². The number of fused-ring (bicyclic) bond motifs is 2. The van der Waals surface area contributed by atoms with Gasteiger partial charge in [0, 0.05) is 7.05 Å². The lowest BCUT2D eigenvalue weighted by Gasteiger charge is -2.03. The molecule has 0 bridgehead atoms. The van der Waals surface area contributed by atoms with Gasteiger partial charge < -0.3 is 9.72 Å². The van der Waals surface area contributed by atoms with Gasteiger partial charge in [0.2, 0.25) is 17.2 Å². The summed E-state index contributed by atoms with van der Waals surface area (Å²) in [4.78, 5) is 32.8. The van der Waals surface area contributed by atoms with Crippen molar-refractivity contribution in [2.24, 2.45) is 7.05 Å². The van der Waals surface area contributed by atoms with Gasteiger partial charge in [-0.25, -0.2) is 19.6 Å². The SMILES string of the molecule is Cn1nnc2ncn(Cc3nc4nc(Oc5cccc(C#N)c5)cnc4[nH]3)c(=O)c21. The van der Waals surface area contributed by atoms with Crippen molar-refractivity contribution in [1.29, 1.82) is 5.26 Å². The maximum atomic E-state index is 12.6. The molecule has 146 valence electrons. The van der Waals surface area contributed by atoms with Crippen LogP contribution >= 0.6 is 0 Å². The zero-order chi connectivity index (χ0) is 20.7. The molecule has 0 unspecified atom stereocenters. The van der Waals surface area contributed by atoms with Gasteiger partial charge in [-0.15, -0.1) is 5.10 Å². The van der Waals surface area contributed by atoms with E-state index < -0.39 is 0 Å². The number of benzene rings is 1. The van der Waals surface area contributed by atoms with E-state index in [4.69, 9.17) is 10.00 Å². The molecule has 0 atom stereocenters. The first-order valence-electron chi connectivity index (χ1n) is 8.75. The molecular weight excluding hydrogens is 388 g/mol. The number of imidazole rings is 1. The van der Waals surface area contributed by atoms with Gasteiger partial charge in [-0.3, -0.25) is 9.36 Å². The Morgan fingerprint density at radius 1 is 1.23 bits per heavy atom. The molecule has 1 N–H and O–H groups in total. The molecule has 4 heterocycles. The minimum atomic E-state index is -0.282. The number of nitrogens with one attached hydrogen (secondary N) is 1. The standard InChI is InChI=1S/C18H12N10O2/c1-27-14-15(25-26-27)21-9-28(18(14)29)8-12-22-16-17(23-12)24-13(7-20-16)30-11-4-2-3-10(5-11)6-19/h2-5,7,9H,8H2,1H3,(H,20,22,23,24). The van der Waals surface area contributed by atoms with Gasteiger partial charge >= 0.3 is 0 Å².